The zero-order chi connectivity index (χ0) is 25.5. The lowest BCUT2D eigenvalue weighted by Crippen LogP contribution is -2.04. The van der Waals surface area contributed by atoms with Crippen molar-refractivity contribution in [3.8, 4) is 17.2 Å². The second-order valence-corrected chi connectivity index (χ2v) is 7.66. The van der Waals surface area contributed by atoms with E-state index in [1.54, 1.807) is 36.7 Å². The third-order valence-electron chi connectivity index (χ3n) is 4.39. The second-order valence-electron chi connectivity index (χ2n) is 6.80. The third kappa shape index (κ3) is 9.46. The lowest BCUT2D eigenvalue weighted by atomic mass is 10.1. The predicted molar refractivity (Wildman–Crippen MR) is 138 cm³/mol. The molecular weight excluding hydrogens is 514 g/mol. The summed E-state index contributed by atoms with van der Waals surface area (Å²) in [5.74, 6) is 1.98. The summed E-state index contributed by atoms with van der Waals surface area (Å²) in [5.41, 5.74) is 8.95. The molecule has 0 bridgehead atoms. The summed E-state index contributed by atoms with van der Waals surface area (Å²) >= 11 is 3.33. The van der Waals surface area contributed by atoms with Crippen LogP contribution < -0.4 is 10.5 Å². The number of fused-ring (bicyclic) bond motifs is 2. The van der Waals surface area contributed by atoms with Crippen molar-refractivity contribution in [2.45, 2.75) is 13.3 Å². The van der Waals surface area contributed by atoms with Gasteiger partial charge in [-0.1, -0.05) is 36.9 Å². The van der Waals surface area contributed by atoms with Crippen LogP contribution in [0.5, 0.6) is 17.2 Å². The number of aromatic nitrogens is 2. The lowest BCUT2D eigenvalue weighted by Gasteiger charge is -2.18. The normalized spacial score (nSPS) is 10.1. The number of hydrogen-bond acceptors (Lipinski definition) is 8. The number of benzene rings is 2. The van der Waals surface area contributed by atoms with Crippen LogP contribution in [0, 0.1) is 6.92 Å². The number of ether oxygens (including phenoxy) is 1. The Morgan fingerprint density at radius 1 is 0.971 bits per heavy atom. The molecule has 0 saturated heterocycles. The van der Waals surface area contributed by atoms with Gasteiger partial charge in [-0.25, -0.2) is 5.26 Å². The van der Waals surface area contributed by atoms with Gasteiger partial charge in [0.25, 0.3) is 0 Å². The molecule has 8 nitrogen and oxygen atoms in total. The number of nitrogen functional groups attached to an aromatic ring is 1. The van der Waals surface area contributed by atoms with Crippen molar-refractivity contribution in [2.24, 2.45) is 0 Å². The van der Waals surface area contributed by atoms with E-state index in [-0.39, 0.29) is 5.75 Å². The first-order chi connectivity index (χ1) is 17.0. The Morgan fingerprint density at radius 2 is 1.63 bits per heavy atom. The minimum absolute atomic E-state index is 0.146. The Bertz CT molecular complexity index is 1030. The lowest BCUT2D eigenvalue weighted by molar-refractivity contribution is -0.465. The summed E-state index contributed by atoms with van der Waals surface area (Å²) in [6.45, 7) is 5.01. The fourth-order valence-electron chi connectivity index (χ4n) is 2.68. The molecule has 0 aliphatic carbocycles. The highest BCUT2D eigenvalue weighted by molar-refractivity contribution is 9.10. The Morgan fingerprint density at radius 3 is 2.20 bits per heavy atom. The first-order valence-corrected chi connectivity index (χ1v) is 11.1. The van der Waals surface area contributed by atoms with Crippen LogP contribution in [0.3, 0.4) is 0 Å². The first-order valence-electron chi connectivity index (χ1n) is 10.3. The van der Waals surface area contributed by atoms with Gasteiger partial charge in [-0.3, -0.25) is 9.97 Å². The molecule has 0 atom stereocenters. The monoisotopic (exact) mass is 539 g/mol. The average Bonchev–Trinajstić information content (AvgIpc) is 2.88. The number of aromatic hydroxyl groups is 1. The van der Waals surface area contributed by atoms with E-state index in [2.05, 4.69) is 48.5 Å². The van der Waals surface area contributed by atoms with Gasteiger partial charge >= 0.3 is 0 Å². The fourth-order valence-corrected chi connectivity index (χ4v) is 2.93. The molecule has 0 saturated carbocycles. The SMILES string of the molecule is C=COOO.Cc1ncccc1Br.Nc1ccccc1O.c1ccc2c(c1)Cc1ncccc1O2. The molecule has 35 heavy (non-hydrogen) atoms. The van der Waals surface area contributed by atoms with Crippen LogP contribution >= 0.6 is 15.9 Å². The number of anilines is 1. The Balaban J connectivity index is 0.000000179. The Kier molecular flexibility index (Phi) is 11.8. The molecule has 9 heteroatoms. The number of rotatable bonds is 2. The zero-order valence-corrected chi connectivity index (χ0v) is 20.6. The first kappa shape index (κ1) is 27.3. The van der Waals surface area contributed by atoms with Crippen molar-refractivity contribution >= 4 is 21.6 Å². The maximum atomic E-state index is 8.79. The number of para-hydroxylation sites is 3. The molecule has 2 aromatic heterocycles. The van der Waals surface area contributed by atoms with Crippen LogP contribution in [-0.2, 0) is 16.3 Å². The minimum atomic E-state index is 0.146. The highest BCUT2D eigenvalue weighted by Gasteiger charge is 2.16. The van der Waals surface area contributed by atoms with Crippen LogP contribution in [0.1, 0.15) is 17.0 Å². The van der Waals surface area contributed by atoms with E-state index in [4.69, 9.17) is 20.8 Å². The molecule has 1 aliphatic heterocycles. The number of nitrogens with zero attached hydrogens (tertiary/aromatic N) is 2. The van der Waals surface area contributed by atoms with E-state index in [0.717, 1.165) is 40.0 Å². The van der Waals surface area contributed by atoms with Crippen LogP contribution in [0.4, 0.5) is 5.69 Å². The maximum Gasteiger partial charge on any atom is 0.149 e. The highest BCUT2D eigenvalue weighted by atomic mass is 79.9. The van der Waals surface area contributed by atoms with E-state index in [1.807, 2.05) is 49.4 Å². The molecule has 4 N–H and O–H groups in total. The number of halogens is 1. The van der Waals surface area contributed by atoms with Crippen LogP contribution in [0.25, 0.3) is 0 Å². The molecule has 0 fully saturated rings. The van der Waals surface area contributed by atoms with Gasteiger partial charge in [-0.05, 0) is 70.4 Å². The average molecular weight is 540 g/mol. The predicted octanol–water partition coefficient (Wildman–Crippen LogP) is 6.46. The zero-order valence-electron chi connectivity index (χ0n) is 19.0. The van der Waals surface area contributed by atoms with Gasteiger partial charge in [0.05, 0.1) is 17.1 Å². The van der Waals surface area contributed by atoms with Crippen molar-refractivity contribution in [2.75, 3.05) is 5.73 Å². The molecule has 0 radical (unpaired) electrons. The summed E-state index contributed by atoms with van der Waals surface area (Å²) in [7, 11) is 0. The van der Waals surface area contributed by atoms with Crippen LogP contribution in [0.15, 0.2) is 103 Å². The standard InChI is InChI=1S/C12H9NO.C6H6BrN.C6H7NO.C2H4O3/c1-2-5-11-9(4-1)8-10-12(14-11)6-3-7-13-10;1-5-6(7)3-2-4-8-5;7-5-3-1-2-4-6(5)8;1-2-4-5-3/h1-7H,8H2;2-4H,1H3;1-4,8H,7H2;2-3H,1H2. The van der Waals surface area contributed by atoms with Gasteiger partial charge in [0, 0.05) is 28.9 Å². The molecule has 5 rings (SSSR count). The molecule has 0 spiro atoms. The Hall–Kier alpha value is -3.92. The van der Waals surface area contributed by atoms with Gasteiger partial charge in [-0.15, -0.1) is 0 Å². The van der Waals surface area contributed by atoms with Crippen molar-refractivity contribution < 1.29 is 25.0 Å². The second kappa shape index (κ2) is 15.1. The summed E-state index contributed by atoms with van der Waals surface area (Å²) in [4.78, 5) is 12.0. The molecule has 3 heterocycles. The van der Waals surface area contributed by atoms with Crippen molar-refractivity contribution in [3.63, 3.8) is 0 Å². The molecule has 182 valence electrons. The third-order valence-corrected chi connectivity index (χ3v) is 5.23. The maximum absolute atomic E-state index is 8.79. The van der Waals surface area contributed by atoms with Crippen molar-refractivity contribution in [1.82, 2.24) is 9.97 Å². The van der Waals surface area contributed by atoms with Crippen molar-refractivity contribution in [1.29, 1.82) is 0 Å². The summed E-state index contributed by atoms with van der Waals surface area (Å²) < 4.78 is 6.78. The fraction of sp³-hybridized carbons (Fsp3) is 0.0769. The van der Waals surface area contributed by atoms with E-state index in [9.17, 15) is 0 Å². The highest BCUT2D eigenvalue weighted by Crippen LogP contribution is 2.34. The summed E-state index contributed by atoms with van der Waals surface area (Å²) in [5, 5.41) is 19.1. The van der Waals surface area contributed by atoms with E-state index in [0.29, 0.717) is 5.69 Å². The van der Waals surface area contributed by atoms with Gasteiger partial charge in [0.15, 0.2) is 0 Å². The number of nitrogens with two attached hydrogens (primary N) is 1. The number of phenolic OH excluding ortho intramolecular Hbond substituents is 1. The van der Waals surface area contributed by atoms with E-state index < -0.39 is 0 Å². The Labute approximate surface area is 212 Å². The van der Waals surface area contributed by atoms with Crippen molar-refractivity contribution in [3.05, 3.63) is 119 Å². The number of aryl methyl sites for hydroxylation is 1. The molecule has 0 unspecified atom stereocenters. The number of pyridine rings is 2. The van der Waals surface area contributed by atoms with Gasteiger partial charge in [0.1, 0.15) is 23.5 Å². The molecule has 2 aromatic carbocycles. The topological polar surface area (TPSA) is 120 Å². The van der Waals surface area contributed by atoms with Gasteiger partial charge < -0.3 is 20.5 Å². The quantitative estimate of drug-likeness (QED) is 0.0768. The van der Waals surface area contributed by atoms with Gasteiger partial charge in [-0.2, -0.15) is 0 Å². The van der Waals surface area contributed by atoms with E-state index in [1.165, 1.54) is 5.56 Å². The smallest absolute Gasteiger partial charge is 0.149 e. The molecule has 1 aliphatic rings. The van der Waals surface area contributed by atoms with Crippen LogP contribution in [-0.4, -0.2) is 20.3 Å². The van der Waals surface area contributed by atoms with Gasteiger partial charge in [0.2, 0.25) is 0 Å². The molecular formula is C26H26BrN3O5. The summed E-state index contributed by atoms with van der Waals surface area (Å²) in [6.07, 6.45) is 5.41. The number of hydrogen-bond donors (Lipinski definition) is 3. The number of phenols is 1. The molecule has 4 aromatic rings. The largest absolute Gasteiger partial charge is 0.506 e. The minimum Gasteiger partial charge on any atom is -0.506 e. The van der Waals surface area contributed by atoms with Crippen LogP contribution in [0.2, 0.25) is 0 Å². The summed E-state index contributed by atoms with van der Waals surface area (Å²) in [6, 6.07) is 22.5. The molecule has 0 amide bonds. The van der Waals surface area contributed by atoms with E-state index >= 15 is 0 Å².